The average molecular weight is 268 g/mol. The van der Waals surface area contributed by atoms with Gasteiger partial charge in [0.25, 0.3) is 5.91 Å². The number of halogens is 1. The molecule has 0 aliphatic heterocycles. The Balaban J connectivity index is 2.14. The number of primary amides is 1. The van der Waals surface area contributed by atoms with Crippen molar-refractivity contribution in [1.29, 1.82) is 0 Å². The summed E-state index contributed by atoms with van der Waals surface area (Å²) >= 11 is 0. The van der Waals surface area contributed by atoms with Crippen molar-refractivity contribution < 1.29 is 9.18 Å². The van der Waals surface area contributed by atoms with Gasteiger partial charge in [0, 0.05) is 30.3 Å². The normalized spacial score (nSPS) is 10.9. The molecule has 0 saturated heterocycles. The molecule has 2 N–H and O–H groups in total. The number of nitrogens with zero attached hydrogens (tertiary/aromatic N) is 2. The van der Waals surface area contributed by atoms with E-state index in [1.54, 1.807) is 18.3 Å². The van der Waals surface area contributed by atoms with Crippen LogP contribution in [-0.2, 0) is 7.05 Å². The van der Waals surface area contributed by atoms with Crippen molar-refractivity contribution in [2.75, 3.05) is 0 Å². The Morgan fingerprint density at radius 3 is 2.85 bits per heavy atom. The Kier molecular flexibility index (Phi) is 2.75. The summed E-state index contributed by atoms with van der Waals surface area (Å²) in [5, 5.41) is 0.933. The third-order valence-electron chi connectivity index (χ3n) is 3.23. The number of carbonyl (C=O) groups is 1. The van der Waals surface area contributed by atoms with Gasteiger partial charge in [0.15, 0.2) is 0 Å². The van der Waals surface area contributed by atoms with Crippen LogP contribution >= 0.6 is 0 Å². The zero-order valence-corrected chi connectivity index (χ0v) is 10.7. The average Bonchev–Trinajstić information content (AvgIpc) is 2.76. The fourth-order valence-corrected chi connectivity index (χ4v) is 2.21. The molecule has 0 aliphatic carbocycles. The van der Waals surface area contributed by atoms with Gasteiger partial charge in [-0.15, -0.1) is 0 Å². The van der Waals surface area contributed by atoms with Gasteiger partial charge in [-0.05, 0) is 30.3 Å². The smallest absolute Gasteiger partial charge is 0.267 e. The van der Waals surface area contributed by atoms with Crippen molar-refractivity contribution in [1.82, 2.24) is 9.55 Å². The van der Waals surface area contributed by atoms with Crippen LogP contribution in [-0.4, -0.2) is 15.5 Å². The van der Waals surface area contributed by atoms with Gasteiger partial charge < -0.3 is 10.3 Å². The van der Waals surface area contributed by atoms with Gasteiger partial charge in [0.2, 0.25) is 0 Å². The molecule has 0 fully saturated rings. The summed E-state index contributed by atoms with van der Waals surface area (Å²) in [5.41, 5.74) is 7.67. The lowest BCUT2D eigenvalue weighted by molar-refractivity contribution is 0.0995. The molecule has 0 spiro atoms. The summed E-state index contributed by atoms with van der Waals surface area (Å²) < 4.78 is 15.2. The van der Waals surface area contributed by atoms with Crippen molar-refractivity contribution in [3.8, 4) is 11.3 Å². The highest BCUT2D eigenvalue weighted by molar-refractivity contribution is 5.91. The van der Waals surface area contributed by atoms with Crippen molar-refractivity contribution >= 4 is 16.8 Å². The lowest BCUT2D eigenvalue weighted by Gasteiger charge is -2.04. The van der Waals surface area contributed by atoms with Gasteiger partial charge in [0.05, 0.1) is 11.2 Å². The van der Waals surface area contributed by atoms with E-state index in [0.717, 1.165) is 22.2 Å². The molecule has 1 amide bonds. The van der Waals surface area contributed by atoms with Crippen LogP contribution in [0, 0.1) is 11.9 Å². The summed E-state index contributed by atoms with van der Waals surface area (Å²) in [6, 6.07) is 11.0. The standard InChI is InChI=1S/C15H11FN3O/c1-19-13(6-9-2-4-11(16)7-14(9)19)10-3-5-12(15(17)20)18-8-10/h2-4,6-8H,1H3,(H2,17,20). The number of carbonyl (C=O) groups excluding carboxylic acids is 1. The first-order chi connectivity index (χ1) is 9.56. The maximum absolute atomic E-state index is 13.3. The third kappa shape index (κ3) is 1.93. The molecule has 4 nitrogen and oxygen atoms in total. The van der Waals surface area contributed by atoms with Crippen molar-refractivity contribution in [3.63, 3.8) is 0 Å². The van der Waals surface area contributed by atoms with Crippen molar-refractivity contribution in [2.24, 2.45) is 12.8 Å². The molecule has 0 aliphatic rings. The second kappa shape index (κ2) is 4.45. The molecule has 20 heavy (non-hydrogen) atoms. The molecule has 0 saturated carbocycles. The first-order valence-corrected chi connectivity index (χ1v) is 5.99. The predicted molar refractivity (Wildman–Crippen MR) is 73.5 cm³/mol. The van der Waals surface area contributed by atoms with Gasteiger partial charge in [-0.2, -0.15) is 0 Å². The van der Waals surface area contributed by atoms with Gasteiger partial charge in [-0.1, -0.05) is 0 Å². The molecule has 1 aromatic carbocycles. The Morgan fingerprint density at radius 2 is 2.20 bits per heavy atom. The Labute approximate surface area is 114 Å². The van der Waals surface area contributed by atoms with Crippen LogP contribution in [0.15, 0.2) is 36.5 Å². The Hall–Kier alpha value is -2.69. The largest absolute Gasteiger partial charge is 0.364 e. The zero-order valence-electron chi connectivity index (χ0n) is 10.7. The van der Waals surface area contributed by atoms with Crippen molar-refractivity contribution in [2.45, 2.75) is 0 Å². The molecule has 0 unspecified atom stereocenters. The summed E-state index contributed by atoms with van der Waals surface area (Å²) in [4.78, 5) is 14.9. The SMILES string of the molecule is Cn1c(-c2c[c]c(C(N)=O)nc2)cc2ccc(F)cc21. The Bertz CT molecular complexity index is 806. The summed E-state index contributed by atoms with van der Waals surface area (Å²) in [5.74, 6) is -0.894. The predicted octanol–water partition coefficient (Wildman–Crippen LogP) is 2.28. The third-order valence-corrected chi connectivity index (χ3v) is 3.23. The monoisotopic (exact) mass is 268 g/mol. The van der Waals surface area contributed by atoms with E-state index in [1.165, 1.54) is 12.1 Å². The molecule has 2 heterocycles. The van der Waals surface area contributed by atoms with E-state index in [-0.39, 0.29) is 11.5 Å². The number of nitrogens with two attached hydrogens (primary N) is 1. The maximum Gasteiger partial charge on any atom is 0.267 e. The second-order valence-electron chi connectivity index (χ2n) is 4.51. The molecule has 3 aromatic rings. The summed E-state index contributed by atoms with van der Waals surface area (Å²) in [6.45, 7) is 0. The fraction of sp³-hybridized carbons (Fsp3) is 0.0667. The minimum atomic E-state index is -0.615. The number of benzene rings is 1. The molecule has 5 heteroatoms. The first kappa shape index (κ1) is 12.3. The zero-order chi connectivity index (χ0) is 14.3. The number of aryl methyl sites for hydroxylation is 1. The molecular formula is C15H11FN3O. The topological polar surface area (TPSA) is 60.9 Å². The second-order valence-corrected chi connectivity index (χ2v) is 4.51. The van der Waals surface area contributed by atoms with Crippen LogP contribution in [0.4, 0.5) is 4.39 Å². The minimum Gasteiger partial charge on any atom is -0.364 e. The van der Waals surface area contributed by atoms with Crippen LogP contribution < -0.4 is 5.73 Å². The fourth-order valence-electron chi connectivity index (χ4n) is 2.21. The number of fused-ring (bicyclic) bond motifs is 1. The summed E-state index contributed by atoms with van der Waals surface area (Å²) in [6.07, 6.45) is 1.56. The number of hydrogen-bond donors (Lipinski definition) is 1. The van der Waals surface area contributed by atoms with Gasteiger partial charge >= 0.3 is 0 Å². The van der Waals surface area contributed by atoms with Crippen LogP contribution in [0.25, 0.3) is 22.2 Å². The molecular weight excluding hydrogens is 257 g/mol. The number of pyridine rings is 1. The number of hydrogen-bond acceptors (Lipinski definition) is 2. The molecule has 3 rings (SSSR count). The van der Waals surface area contributed by atoms with E-state index in [9.17, 15) is 9.18 Å². The number of rotatable bonds is 2. The lowest BCUT2D eigenvalue weighted by atomic mass is 10.2. The number of amides is 1. The molecule has 1 radical (unpaired) electrons. The highest BCUT2D eigenvalue weighted by atomic mass is 19.1. The van der Waals surface area contributed by atoms with E-state index < -0.39 is 5.91 Å². The molecule has 0 atom stereocenters. The van der Waals surface area contributed by atoms with Crippen LogP contribution in [0.3, 0.4) is 0 Å². The van der Waals surface area contributed by atoms with E-state index >= 15 is 0 Å². The van der Waals surface area contributed by atoms with Gasteiger partial charge in [-0.25, -0.2) is 9.37 Å². The van der Waals surface area contributed by atoms with E-state index in [1.807, 2.05) is 17.7 Å². The highest BCUT2D eigenvalue weighted by Crippen LogP contribution is 2.27. The maximum atomic E-state index is 13.3. The van der Waals surface area contributed by atoms with E-state index in [2.05, 4.69) is 11.1 Å². The van der Waals surface area contributed by atoms with Gasteiger partial charge in [-0.3, -0.25) is 4.79 Å². The van der Waals surface area contributed by atoms with E-state index in [4.69, 9.17) is 5.73 Å². The van der Waals surface area contributed by atoms with Crippen LogP contribution in [0.1, 0.15) is 10.5 Å². The summed E-state index contributed by atoms with van der Waals surface area (Å²) in [7, 11) is 1.85. The minimum absolute atomic E-state index is 0.0959. The number of aromatic nitrogens is 2. The van der Waals surface area contributed by atoms with Gasteiger partial charge in [0.1, 0.15) is 11.5 Å². The lowest BCUT2D eigenvalue weighted by Crippen LogP contribution is -2.12. The first-order valence-electron chi connectivity index (χ1n) is 5.99. The molecule has 2 aromatic heterocycles. The van der Waals surface area contributed by atoms with Crippen LogP contribution in [0.2, 0.25) is 0 Å². The Morgan fingerprint density at radius 1 is 1.40 bits per heavy atom. The molecule has 0 bridgehead atoms. The van der Waals surface area contributed by atoms with Crippen LogP contribution in [0.5, 0.6) is 0 Å². The highest BCUT2D eigenvalue weighted by Gasteiger charge is 2.10. The van der Waals surface area contributed by atoms with E-state index in [0.29, 0.717) is 0 Å². The van der Waals surface area contributed by atoms with Crippen molar-refractivity contribution in [3.05, 3.63) is 54.1 Å². The molecule has 99 valence electrons. The quantitative estimate of drug-likeness (QED) is 0.775.